The van der Waals surface area contributed by atoms with Crippen LogP contribution in [0.3, 0.4) is 0 Å². The molecule has 1 aromatic carbocycles. The van der Waals surface area contributed by atoms with Crippen LogP contribution in [0.5, 0.6) is 5.75 Å². The zero-order valence-electron chi connectivity index (χ0n) is 10.8. The van der Waals surface area contributed by atoms with Gasteiger partial charge >= 0.3 is 0 Å². The van der Waals surface area contributed by atoms with Crippen LogP contribution in [0.2, 0.25) is 5.02 Å². The third-order valence-corrected chi connectivity index (χ3v) is 3.79. The van der Waals surface area contributed by atoms with Crippen LogP contribution in [0, 0.1) is 0 Å². The second-order valence-corrected chi connectivity index (χ2v) is 5.17. The van der Waals surface area contributed by atoms with Crippen molar-refractivity contribution in [1.29, 1.82) is 0 Å². The van der Waals surface area contributed by atoms with Crippen molar-refractivity contribution in [2.24, 2.45) is 0 Å². The monoisotopic (exact) mass is 270 g/mol. The summed E-state index contributed by atoms with van der Waals surface area (Å²) in [6, 6.07) is 5.36. The summed E-state index contributed by atoms with van der Waals surface area (Å²) < 4.78 is 10.9. The Bertz CT molecular complexity index is 422. The summed E-state index contributed by atoms with van der Waals surface area (Å²) in [5.41, 5.74) is -0.144. The van der Waals surface area contributed by atoms with E-state index in [1.165, 1.54) is 0 Å². The predicted molar refractivity (Wildman–Crippen MR) is 71.2 cm³/mol. The molecule has 2 rings (SSSR count). The van der Waals surface area contributed by atoms with Crippen LogP contribution in [0.1, 0.15) is 31.7 Å². The highest BCUT2D eigenvalue weighted by Crippen LogP contribution is 2.41. The van der Waals surface area contributed by atoms with Crippen molar-refractivity contribution in [3.05, 3.63) is 28.8 Å². The van der Waals surface area contributed by atoms with E-state index in [2.05, 4.69) is 6.92 Å². The molecule has 0 radical (unpaired) electrons. The zero-order valence-corrected chi connectivity index (χ0v) is 11.5. The summed E-state index contributed by atoms with van der Waals surface area (Å²) in [5.74, 6) is 0.679. The molecule has 100 valence electrons. The molecule has 1 heterocycles. The molecule has 1 aromatic rings. The quantitative estimate of drug-likeness (QED) is 0.917. The van der Waals surface area contributed by atoms with Gasteiger partial charge in [0.15, 0.2) is 0 Å². The molecule has 0 aliphatic carbocycles. The normalized spacial score (nSPS) is 28.1. The van der Waals surface area contributed by atoms with Crippen molar-refractivity contribution in [1.82, 2.24) is 0 Å². The Morgan fingerprint density at radius 3 is 3.00 bits per heavy atom. The van der Waals surface area contributed by atoms with E-state index in [1.54, 1.807) is 25.3 Å². The van der Waals surface area contributed by atoms with E-state index in [0.717, 1.165) is 12.0 Å². The minimum absolute atomic E-state index is 0.0902. The largest absolute Gasteiger partial charge is 0.496 e. The number of hydrogen-bond donors (Lipinski definition) is 1. The van der Waals surface area contributed by atoms with Crippen LogP contribution in [-0.2, 0) is 10.3 Å². The molecule has 0 bridgehead atoms. The number of benzene rings is 1. The molecule has 0 saturated carbocycles. The lowest BCUT2D eigenvalue weighted by atomic mass is 9.82. The summed E-state index contributed by atoms with van der Waals surface area (Å²) in [6.45, 7) is 2.62. The standard InChI is InChI=1S/C14H19ClO3/c1-3-11-9-14(16,6-7-18-11)12-8-10(15)4-5-13(12)17-2/h4-5,8,11,16H,3,6-7,9H2,1-2H3. The minimum atomic E-state index is -0.908. The topological polar surface area (TPSA) is 38.7 Å². The Hall–Kier alpha value is -0.770. The Labute approximate surface area is 113 Å². The Kier molecular flexibility index (Phi) is 4.15. The van der Waals surface area contributed by atoms with Crippen molar-refractivity contribution >= 4 is 11.6 Å². The molecule has 1 fully saturated rings. The minimum Gasteiger partial charge on any atom is -0.496 e. The maximum absolute atomic E-state index is 10.9. The summed E-state index contributed by atoms with van der Waals surface area (Å²) >= 11 is 6.03. The number of halogens is 1. The van der Waals surface area contributed by atoms with Crippen molar-refractivity contribution < 1.29 is 14.6 Å². The molecule has 3 nitrogen and oxygen atoms in total. The van der Waals surface area contributed by atoms with E-state index >= 15 is 0 Å². The fraction of sp³-hybridized carbons (Fsp3) is 0.571. The Morgan fingerprint density at radius 1 is 1.56 bits per heavy atom. The predicted octanol–water partition coefficient (Wildman–Crippen LogP) is 3.13. The fourth-order valence-corrected chi connectivity index (χ4v) is 2.65. The van der Waals surface area contributed by atoms with Gasteiger partial charge in [0.2, 0.25) is 0 Å². The van der Waals surface area contributed by atoms with E-state index in [9.17, 15) is 5.11 Å². The average molecular weight is 271 g/mol. The number of rotatable bonds is 3. The van der Waals surface area contributed by atoms with Crippen molar-refractivity contribution in [2.75, 3.05) is 13.7 Å². The lowest BCUT2D eigenvalue weighted by Gasteiger charge is -2.37. The first-order chi connectivity index (χ1) is 8.59. The van der Waals surface area contributed by atoms with Gasteiger partial charge in [-0.2, -0.15) is 0 Å². The zero-order chi connectivity index (χ0) is 13.2. The third kappa shape index (κ3) is 2.63. The third-order valence-electron chi connectivity index (χ3n) is 3.55. The molecule has 0 spiro atoms. The summed E-state index contributed by atoms with van der Waals surface area (Å²) in [7, 11) is 1.60. The second kappa shape index (κ2) is 5.47. The second-order valence-electron chi connectivity index (χ2n) is 4.73. The van der Waals surface area contributed by atoms with Crippen LogP contribution in [-0.4, -0.2) is 24.9 Å². The number of methoxy groups -OCH3 is 1. The number of aliphatic hydroxyl groups is 1. The van der Waals surface area contributed by atoms with Crippen molar-refractivity contribution in [3.63, 3.8) is 0 Å². The van der Waals surface area contributed by atoms with Crippen molar-refractivity contribution in [3.8, 4) is 5.75 Å². The SMILES string of the molecule is CCC1CC(O)(c2cc(Cl)ccc2OC)CCO1. The first-order valence-corrected chi connectivity index (χ1v) is 6.65. The summed E-state index contributed by atoms with van der Waals surface area (Å²) in [4.78, 5) is 0. The molecule has 2 atom stereocenters. The van der Waals surface area contributed by atoms with E-state index < -0.39 is 5.60 Å². The Morgan fingerprint density at radius 2 is 2.33 bits per heavy atom. The van der Waals surface area contributed by atoms with Gasteiger partial charge in [-0.1, -0.05) is 18.5 Å². The molecule has 0 aromatic heterocycles. The molecule has 1 aliphatic rings. The molecular formula is C14H19ClO3. The van der Waals surface area contributed by atoms with Crippen LogP contribution >= 0.6 is 11.6 Å². The highest BCUT2D eigenvalue weighted by molar-refractivity contribution is 6.30. The van der Waals surface area contributed by atoms with E-state index in [4.69, 9.17) is 21.1 Å². The molecule has 0 amide bonds. The van der Waals surface area contributed by atoms with Gasteiger partial charge in [-0.3, -0.25) is 0 Å². The maximum Gasteiger partial charge on any atom is 0.125 e. The molecule has 2 unspecified atom stereocenters. The average Bonchev–Trinajstić information content (AvgIpc) is 2.38. The van der Waals surface area contributed by atoms with Crippen LogP contribution in [0.4, 0.5) is 0 Å². The highest BCUT2D eigenvalue weighted by atomic mass is 35.5. The van der Waals surface area contributed by atoms with Crippen LogP contribution < -0.4 is 4.74 Å². The first kappa shape index (κ1) is 13.7. The van der Waals surface area contributed by atoms with Gasteiger partial charge in [0.1, 0.15) is 5.75 Å². The highest BCUT2D eigenvalue weighted by Gasteiger charge is 2.38. The van der Waals surface area contributed by atoms with Gasteiger partial charge < -0.3 is 14.6 Å². The Balaban J connectivity index is 2.36. The van der Waals surface area contributed by atoms with Crippen molar-refractivity contribution in [2.45, 2.75) is 37.9 Å². The molecule has 1 saturated heterocycles. The number of hydrogen-bond acceptors (Lipinski definition) is 3. The van der Waals surface area contributed by atoms with E-state index in [1.807, 2.05) is 0 Å². The van der Waals surface area contributed by atoms with E-state index in [0.29, 0.717) is 30.2 Å². The van der Waals surface area contributed by atoms with Crippen LogP contribution in [0.25, 0.3) is 0 Å². The lowest BCUT2D eigenvalue weighted by Crippen LogP contribution is -2.38. The van der Waals surface area contributed by atoms with E-state index in [-0.39, 0.29) is 6.10 Å². The van der Waals surface area contributed by atoms with Gasteiger partial charge in [-0.25, -0.2) is 0 Å². The maximum atomic E-state index is 10.9. The number of ether oxygens (including phenoxy) is 2. The van der Waals surface area contributed by atoms with Crippen LogP contribution in [0.15, 0.2) is 18.2 Å². The first-order valence-electron chi connectivity index (χ1n) is 6.27. The van der Waals surface area contributed by atoms with Gasteiger partial charge in [0.25, 0.3) is 0 Å². The summed E-state index contributed by atoms with van der Waals surface area (Å²) in [5, 5.41) is 11.5. The van der Waals surface area contributed by atoms with Gasteiger partial charge in [0.05, 0.1) is 25.4 Å². The van der Waals surface area contributed by atoms with Gasteiger partial charge in [0, 0.05) is 23.4 Å². The molecule has 1 N–H and O–H groups in total. The molecule has 18 heavy (non-hydrogen) atoms. The molecule has 4 heteroatoms. The molecular weight excluding hydrogens is 252 g/mol. The fourth-order valence-electron chi connectivity index (χ4n) is 2.48. The molecule has 1 aliphatic heterocycles. The lowest BCUT2D eigenvalue weighted by molar-refractivity contribution is -0.109. The van der Waals surface area contributed by atoms with Gasteiger partial charge in [-0.05, 0) is 24.6 Å². The summed E-state index contributed by atoms with van der Waals surface area (Å²) in [6.07, 6.45) is 2.14. The smallest absolute Gasteiger partial charge is 0.125 e. The van der Waals surface area contributed by atoms with Gasteiger partial charge in [-0.15, -0.1) is 0 Å².